The number of nitrogens with two attached hydrogens (primary N) is 1. The molecule has 1 aliphatic rings. The van der Waals surface area contributed by atoms with Crippen molar-refractivity contribution in [3.05, 3.63) is 23.8 Å². The standard InChI is InChI=1S/C11H10N4O2/c12-4-7-1-2-9(8(13)3-7)15-5-10(16)14-11(17)6-15/h1-3H,5-6,13H2,(H,14,16,17). The van der Waals surface area contributed by atoms with Gasteiger partial charge in [-0.1, -0.05) is 0 Å². The van der Waals surface area contributed by atoms with Gasteiger partial charge in [-0.15, -0.1) is 0 Å². The molecule has 0 atom stereocenters. The van der Waals surface area contributed by atoms with Crippen LogP contribution >= 0.6 is 0 Å². The van der Waals surface area contributed by atoms with Crippen LogP contribution in [-0.4, -0.2) is 24.9 Å². The van der Waals surface area contributed by atoms with Gasteiger partial charge in [-0.2, -0.15) is 5.26 Å². The lowest BCUT2D eigenvalue weighted by molar-refractivity contribution is -0.130. The molecule has 17 heavy (non-hydrogen) atoms. The number of nitrogens with one attached hydrogen (secondary N) is 1. The number of amides is 2. The summed E-state index contributed by atoms with van der Waals surface area (Å²) in [5.41, 5.74) is 7.20. The lowest BCUT2D eigenvalue weighted by Gasteiger charge is -2.28. The Morgan fingerprint density at radius 2 is 1.94 bits per heavy atom. The van der Waals surface area contributed by atoms with Gasteiger partial charge in [0.2, 0.25) is 11.8 Å². The molecule has 1 heterocycles. The van der Waals surface area contributed by atoms with Crippen LogP contribution in [0, 0.1) is 11.3 Å². The van der Waals surface area contributed by atoms with Gasteiger partial charge in [0.1, 0.15) is 0 Å². The summed E-state index contributed by atoms with van der Waals surface area (Å²) in [6.07, 6.45) is 0. The van der Waals surface area contributed by atoms with E-state index in [1.165, 1.54) is 6.07 Å². The maximum absolute atomic E-state index is 11.2. The van der Waals surface area contributed by atoms with Gasteiger partial charge < -0.3 is 10.6 Å². The molecule has 3 N–H and O–H groups in total. The summed E-state index contributed by atoms with van der Waals surface area (Å²) < 4.78 is 0. The van der Waals surface area contributed by atoms with Crippen molar-refractivity contribution in [3.8, 4) is 6.07 Å². The van der Waals surface area contributed by atoms with Crippen LogP contribution in [0.25, 0.3) is 0 Å². The third kappa shape index (κ3) is 2.18. The van der Waals surface area contributed by atoms with Crippen molar-refractivity contribution in [1.29, 1.82) is 5.26 Å². The van der Waals surface area contributed by atoms with E-state index in [2.05, 4.69) is 5.32 Å². The average molecular weight is 230 g/mol. The number of benzene rings is 1. The average Bonchev–Trinajstić information content (AvgIpc) is 2.27. The van der Waals surface area contributed by atoms with Crippen molar-refractivity contribution in [2.24, 2.45) is 0 Å². The van der Waals surface area contributed by atoms with E-state index in [4.69, 9.17) is 11.0 Å². The van der Waals surface area contributed by atoms with E-state index in [0.717, 1.165) is 0 Å². The van der Waals surface area contributed by atoms with Crippen LogP contribution in [0.15, 0.2) is 18.2 Å². The smallest absolute Gasteiger partial charge is 0.246 e. The van der Waals surface area contributed by atoms with Crippen LogP contribution in [0.2, 0.25) is 0 Å². The maximum atomic E-state index is 11.2. The zero-order chi connectivity index (χ0) is 12.4. The Hall–Kier alpha value is -2.55. The summed E-state index contributed by atoms with van der Waals surface area (Å²) >= 11 is 0. The minimum atomic E-state index is -0.356. The van der Waals surface area contributed by atoms with Crippen LogP contribution in [0.5, 0.6) is 0 Å². The molecule has 6 nitrogen and oxygen atoms in total. The highest BCUT2D eigenvalue weighted by Gasteiger charge is 2.23. The number of imide groups is 1. The Bertz CT molecular complexity index is 517. The molecule has 0 saturated carbocycles. The molecule has 1 saturated heterocycles. The van der Waals surface area contributed by atoms with Crippen LogP contribution in [0.3, 0.4) is 0 Å². The number of rotatable bonds is 1. The molecule has 2 rings (SSSR count). The summed E-state index contributed by atoms with van der Waals surface area (Å²) in [4.78, 5) is 24.0. The molecule has 86 valence electrons. The number of hydrogen-bond acceptors (Lipinski definition) is 5. The molecule has 1 aliphatic heterocycles. The predicted octanol–water partition coefficient (Wildman–Crippen LogP) is -0.397. The Morgan fingerprint density at radius 3 is 2.47 bits per heavy atom. The normalized spacial score (nSPS) is 15.4. The van der Waals surface area contributed by atoms with Crippen molar-refractivity contribution in [1.82, 2.24) is 5.32 Å². The first kappa shape index (κ1) is 11.0. The molecule has 0 unspecified atom stereocenters. The fourth-order valence-electron chi connectivity index (χ4n) is 1.72. The van der Waals surface area contributed by atoms with Crippen molar-refractivity contribution >= 4 is 23.2 Å². The second-order valence-corrected chi connectivity index (χ2v) is 3.71. The van der Waals surface area contributed by atoms with Gasteiger partial charge in [-0.25, -0.2) is 0 Å². The monoisotopic (exact) mass is 230 g/mol. The number of anilines is 2. The quantitative estimate of drug-likeness (QED) is 0.505. The number of hydrogen-bond donors (Lipinski definition) is 2. The molecule has 1 aromatic rings. The lowest BCUT2D eigenvalue weighted by Crippen LogP contribution is -2.51. The zero-order valence-corrected chi connectivity index (χ0v) is 8.93. The van der Waals surface area contributed by atoms with E-state index in [-0.39, 0.29) is 24.9 Å². The number of piperazine rings is 1. The van der Waals surface area contributed by atoms with E-state index in [0.29, 0.717) is 16.9 Å². The minimum Gasteiger partial charge on any atom is -0.397 e. The third-order valence-corrected chi connectivity index (χ3v) is 2.45. The summed E-state index contributed by atoms with van der Waals surface area (Å²) in [7, 11) is 0. The Morgan fingerprint density at radius 1 is 1.29 bits per heavy atom. The van der Waals surface area contributed by atoms with Gasteiger partial charge in [-0.05, 0) is 18.2 Å². The minimum absolute atomic E-state index is 0.0852. The predicted molar refractivity (Wildman–Crippen MR) is 60.9 cm³/mol. The summed E-state index contributed by atoms with van der Waals surface area (Å²) in [6, 6.07) is 6.73. The summed E-state index contributed by atoms with van der Waals surface area (Å²) in [5, 5.41) is 10.9. The van der Waals surface area contributed by atoms with Crippen molar-refractivity contribution in [2.75, 3.05) is 23.7 Å². The first-order chi connectivity index (χ1) is 8.10. The fourth-order valence-corrected chi connectivity index (χ4v) is 1.72. The number of carbonyl (C=O) groups excluding carboxylic acids is 2. The van der Waals surface area contributed by atoms with E-state index < -0.39 is 0 Å². The van der Waals surface area contributed by atoms with Gasteiger partial charge >= 0.3 is 0 Å². The van der Waals surface area contributed by atoms with Crippen LogP contribution < -0.4 is 16.0 Å². The molecule has 1 fully saturated rings. The molecule has 0 radical (unpaired) electrons. The number of nitrogen functional groups attached to an aromatic ring is 1. The highest BCUT2D eigenvalue weighted by atomic mass is 16.2. The van der Waals surface area contributed by atoms with Crippen LogP contribution in [0.4, 0.5) is 11.4 Å². The van der Waals surface area contributed by atoms with Gasteiger partial charge in [0, 0.05) is 0 Å². The zero-order valence-electron chi connectivity index (χ0n) is 8.93. The van der Waals surface area contributed by atoms with Crippen molar-refractivity contribution < 1.29 is 9.59 Å². The van der Waals surface area contributed by atoms with Gasteiger partial charge in [0.15, 0.2) is 0 Å². The molecule has 0 spiro atoms. The van der Waals surface area contributed by atoms with E-state index in [1.54, 1.807) is 17.0 Å². The second-order valence-electron chi connectivity index (χ2n) is 3.71. The summed E-state index contributed by atoms with van der Waals surface area (Å²) in [5.74, 6) is -0.713. The topological polar surface area (TPSA) is 99.2 Å². The molecular weight excluding hydrogens is 220 g/mol. The Balaban J connectivity index is 2.31. The lowest BCUT2D eigenvalue weighted by atomic mass is 10.1. The molecule has 0 aliphatic carbocycles. The van der Waals surface area contributed by atoms with E-state index in [9.17, 15) is 9.59 Å². The molecular formula is C11H10N4O2. The van der Waals surface area contributed by atoms with Gasteiger partial charge in [-0.3, -0.25) is 14.9 Å². The largest absolute Gasteiger partial charge is 0.397 e. The summed E-state index contributed by atoms with van der Waals surface area (Å²) in [6.45, 7) is 0.170. The maximum Gasteiger partial charge on any atom is 0.246 e. The number of nitrogens with zero attached hydrogens (tertiary/aromatic N) is 2. The van der Waals surface area contributed by atoms with E-state index in [1.807, 2.05) is 6.07 Å². The molecule has 6 heteroatoms. The van der Waals surface area contributed by atoms with Crippen molar-refractivity contribution in [3.63, 3.8) is 0 Å². The highest BCUT2D eigenvalue weighted by molar-refractivity contribution is 6.03. The fraction of sp³-hybridized carbons (Fsp3) is 0.182. The third-order valence-electron chi connectivity index (χ3n) is 2.45. The molecule has 2 amide bonds. The second kappa shape index (κ2) is 4.14. The molecule has 1 aromatic carbocycles. The van der Waals surface area contributed by atoms with Crippen LogP contribution in [0.1, 0.15) is 5.56 Å². The van der Waals surface area contributed by atoms with E-state index >= 15 is 0 Å². The molecule has 0 bridgehead atoms. The Kier molecular flexibility index (Phi) is 2.66. The van der Waals surface area contributed by atoms with Gasteiger partial charge in [0.05, 0.1) is 36.1 Å². The number of carbonyl (C=O) groups is 2. The SMILES string of the molecule is N#Cc1ccc(N2CC(=O)NC(=O)C2)c(N)c1. The first-order valence-corrected chi connectivity index (χ1v) is 4.97. The van der Waals surface area contributed by atoms with Gasteiger partial charge in [0.25, 0.3) is 0 Å². The number of nitriles is 1. The highest BCUT2D eigenvalue weighted by Crippen LogP contribution is 2.24. The van der Waals surface area contributed by atoms with Crippen molar-refractivity contribution in [2.45, 2.75) is 0 Å². The first-order valence-electron chi connectivity index (χ1n) is 4.97. The van der Waals surface area contributed by atoms with Crippen LogP contribution in [-0.2, 0) is 9.59 Å². The molecule has 0 aromatic heterocycles. The Labute approximate surface area is 97.6 Å².